The Balaban J connectivity index is 2.12. The number of aliphatic hydroxyl groups is 1. The molecule has 0 amide bonds. The Kier molecular flexibility index (Phi) is 3.40. The summed E-state index contributed by atoms with van der Waals surface area (Å²) in [6.45, 7) is -0.00992. The number of rotatable bonds is 3. The fraction of sp³-hybridized carbons (Fsp3) is 0.0625. The maximum atomic E-state index is 9.13. The molecule has 1 N–H and O–H groups in total. The molecule has 0 fully saturated rings. The van der Waals surface area contributed by atoms with Gasteiger partial charge in [-0.3, -0.25) is 0 Å². The third-order valence-corrected chi connectivity index (χ3v) is 3.88. The van der Waals surface area contributed by atoms with Crippen LogP contribution in [0.4, 0.5) is 0 Å². The summed E-state index contributed by atoms with van der Waals surface area (Å²) >= 11 is 1.56. The summed E-state index contributed by atoms with van der Waals surface area (Å²) in [4.78, 5) is 4.45. The molecule has 19 heavy (non-hydrogen) atoms. The molecule has 0 bridgehead atoms. The minimum atomic E-state index is -0.00992. The first-order valence-electron chi connectivity index (χ1n) is 6.08. The lowest BCUT2D eigenvalue weighted by Crippen LogP contribution is -1.86. The van der Waals surface area contributed by atoms with E-state index in [2.05, 4.69) is 29.2 Å². The summed E-state index contributed by atoms with van der Waals surface area (Å²) in [7, 11) is 0. The Morgan fingerprint density at radius 2 is 1.58 bits per heavy atom. The fourth-order valence-electron chi connectivity index (χ4n) is 2.04. The van der Waals surface area contributed by atoms with Gasteiger partial charge in [-0.15, -0.1) is 11.3 Å². The zero-order valence-electron chi connectivity index (χ0n) is 10.3. The van der Waals surface area contributed by atoms with Gasteiger partial charge in [0.05, 0.1) is 12.3 Å². The van der Waals surface area contributed by atoms with E-state index < -0.39 is 0 Å². The summed E-state index contributed by atoms with van der Waals surface area (Å²) in [5.74, 6) is 0. The van der Waals surface area contributed by atoms with E-state index in [1.807, 2.05) is 35.7 Å². The number of aromatic nitrogens is 1. The second kappa shape index (κ2) is 5.34. The van der Waals surface area contributed by atoms with Crippen molar-refractivity contribution in [3.8, 4) is 21.7 Å². The SMILES string of the molecule is OCc1csc(-c2ccccc2-c2ccccc2)n1. The molecular weight excluding hydrogens is 254 g/mol. The molecule has 0 unspecified atom stereocenters. The van der Waals surface area contributed by atoms with Crippen molar-refractivity contribution < 1.29 is 5.11 Å². The van der Waals surface area contributed by atoms with Crippen molar-refractivity contribution in [2.45, 2.75) is 6.61 Å². The zero-order valence-corrected chi connectivity index (χ0v) is 11.1. The highest BCUT2D eigenvalue weighted by Gasteiger charge is 2.10. The van der Waals surface area contributed by atoms with Crippen LogP contribution >= 0.6 is 11.3 Å². The second-order valence-corrected chi connectivity index (χ2v) is 5.07. The van der Waals surface area contributed by atoms with Gasteiger partial charge >= 0.3 is 0 Å². The molecule has 0 saturated heterocycles. The third-order valence-electron chi connectivity index (χ3n) is 2.96. The predicted octanol–water partition coefficient (Wildman–Crippen LogP) is 3.97. The molecule has 2 aromatic carbocycles. The first-order chi connectivity index (χ1) is 9.38. The molecule has 3 rings (SSSR count). The van der Waals surface area contributed by atoms with Crippen molar-refractivity contribution in [3.05, 3.63) is 65.7 Å². The van der Waals surface area contributed by atoms with Gasteiger partial charge in [0.25, 0.3) is 0 Å². The largest absolute Gasteiger partial charge is 0.390 e. The number of nitrogens with zero attached hydrogens (tertiary/aromatic N) is 1. The zero-order chi connectivity index (χ0) is 13.1. The third kappa shape index (κ3) is 2.43. The summed E-state index contributed by atoms with van der Waals surface area (Å²) in [5, 5.41) is 12.0. The number of thiazole rings is 1. The minimum absolute atomic E-state index is 0.00992. The van der Waals surface area contributed by atoms with Gasteiger partial charge in [-0.2, -0.15) is 0 Å². The molecule has 0 spiro atoms. The van der Waals surface area contributed by atoms with E-state index in [-0.39, 0.29) is 6.61 Å². The van der Waals surface area contributed by atoms with Crippen LogP contribution in [-0.4, -0.2) is 10.1 Å². The molecule has 0 aliphatic rings. The molecule has 0 aliphatic carbocycles. The maximum absolute atomic E-state index is 9.13. The van der Waals surface area contributed by atoms with Crippen LogP contribution in [0.15, 0.2) is 60.0 Å². The molecular formula is C16H13NOS. The van der Waals surface area contributed by atoms with Crippen LogP contribution in [0.1, 0.15) is 5.69 Å². The lowest BCUT2D eigenvalue weighted by Gasteiger charge is -2.07. The van der Waals surface area contributed by atoms with Gasteiger partial charge in [-0.1, -0.05) is 54.6 Å². The molecule has 0 saturated carbocycles. The van der Waals surface area contributed by atoms with E-state index >= 15 is 0 Å². The van der Waals surface area contributed by atoms with Gasteiger partial charge in [0.15, 0.2) is 0 Å². The van der Waals surface area contributed by atoms with Gasteiger partial charge in [0.1, 0.15) is 5.01 Å². The smallest absolute Gasteiger partial charge is 0.124 e. The standard InChI is InChI=1S/C16H13NOS/c18-10-13-11-19-16(17-13)15-9-5-4-8-14(15)12-6-2-1-3-7-12/h1-9,11,18H,10H2. The van der Waals surface area contributed by atoms with E-state index in [1.54, 1.807) is 11.3 Å². The molecule has 0 aliphatic heterocycles. The Bertz CT molecular complexity index is 676. The summed E-state index contributed by atoms with van der Waals surface area (Å²) in [6, 6.07) is 18.5. The van der Waals surface area contributed by atoms with Gasteiger partial charge in [0.2, 0.25) is 0 Å². The van der Waals surface area contributed by atoms with Crippen molar-refractivity contribution in [1.82, 2.24) is 4.98 Å². The number of aliphatic hydroxyl groups excluding tert-OH is 1. The highest BCUT2D eigenvalue weighted by Crippen LogP contribution is 2.33. The lowest BCUT2D eigenvalue weighted by atomic mass is 10.0. The van der Waals surface area contributed by atoms with Gasteiger partial charge in [0, 0.05) is 10.9 Å². The van der Waals surface area contributed by atoms with Crippen LogP contribution in [0.25, 0.3) is 21.7 Å². The van der Waals surface area contributed by atoms with Crippen LogP contribution in [-0.2, 0) is 6.61 Å². The highest BCUT2D eigenvalue weighted by molar-refractivity contribution is 7.13. The Morgan fingerprint density at radius 3 is 2.26 bits per heavy atom. The maximum Gasteiger partial charge on any atom is 0.124 e. The second-order valence-electron chi connectivity index (χ2n) is 4.21. The monoisotopic (exact) mass is 267 g/mol. The Morgan fingerprint density at radius 1 is 0.895 bits per heavy atom. The quantitative estimate of drug-likeness (QED) is 0.779. The Hall–Kier alpha value is -1.97. The molecule has 2 nitrogen and oxygen atoms in total. The van der Waals surface area contributed by atoms with Gasteiger partial charge in [-0.05, 0) is 11.1 Å². The minimum Gasteiger partial charge on any atom is -0.390 e. The molecule has 3 heteroatoms. The van der Waals surface area contributed by atoms with Crippen LogP contribution in [0.5, 0.6) is 0 Å². The molecule has 94 valence electrons. The predicted molar refractivity (Wildman–Crippen MR) is 78.9 cm³/mol. The molecule has 0 radical (unpaired) electrons. The number of hydrogen-bond donors (Lipinski definition) is 1. The van der Waals surface area contributed by atoms with E-state index in [9.17, 15) is 0 Å². The van der Waals surface area contributed by atoms with Crippen LogP contribution in [0.3, 0.4) is 0 Å². The average Bonchev–Trinajstić information content (AvgIpc) is 2.97. The van der Waals surface area contributed by atoms with Crippen LogP contribution in [0, 0.1) is 0 Å². The molecule has 1 heterocycles. The number of benzene rings is 2. The first kappa shape index (κ1) is 12.1. The van der Waals surface area contributed by atoms with Crippen LogP contribution < -0.4 is 0 Å². The van der Waals surface area contributed by atoms with Crippen molar-refractivity contribution in [3.63, 3.8) is 0 Å². The molecule has 0 atom stereocenters. The summed E-state index contributed by atoms with van der Waals surface area (Å²) < 4.78 is 0. The first-order valence-corrected chi connectivity index (χ1v) is 6.96. The molecule has 3 aromatic rings. The topological polar surface area (TPSA) is 33.1 Å². The summed E-state index contributed by atoms with van der Waals surface area (Å²) in [6.07, 6.45) is 0. The fourth-order valence-corrected chi connectivity index (χ4v) is 2.89. The van der Waals surface area contributed by atoms with Crippen molar-refractivity contribution >= 4 is 11.3 Å². The highest BCUT2D eigenvalue weighted by atomic mass is 32.1. The summed E-state index contributed by atoms with van der Waals surface area (Å²) in [5.41, 5.74) is 4.18. The van der Waals surface area contributed by atoms with E-state index in [0.717, 1.165) is 16.3 Å². The van der Waals surface area contributed by atoms with Gasteiger partial charge < -0.3 is 5.11 Å². The average molecular weight is 267 g/mol. The number of hydrogen-bond acceptors (Lipinski definition) is 3. The van der Waals surface area contributed by atoms with Gasteiger partial charge in [-0.25, -0.2) is 4.98 Å². The van der Waals surface area contributed by atoms with Crippen LogP contribution in [0.2, 0.25) is 0 Å². The van der Waals surface area contributed by atoms with Crippen molar-refractivity contribution in [2.24, 2.45) is 0 Å². The van der Waals surface area contributed by atoms with E-state index in [0.29, 0.717) is 0 Å². The Labute approximate surface area is 116 Å². The van der Waals surface area contributed by atoms with Crippen molar-refractivity contribution in [2.75, 3.05) is 0 Å². The molecule has 1 aromatic heterocycles. The normalized spacial score (nSPS) is 10.6. The lowest BCUT2D eigenvalue weighted by molar-refractivity contribution is 0.278. The van der Waals surface area contributed by atoms with E-state index in [4.69, 9.17) is 5.11 Å². The van der Waals surface area contributed by atoms with E-state index in [1.165, 1.54) is 11.1 Å². The van der Waals surface area contributed by atoms with Crippen molar-refractivity contribution in [1.29, 1.82) is 0 Å².